The molecule has 8 heteroatoms. The molecule has 0 spiro atoms. The van der Waals surface area contributed by atoms with Crippen LogP contribution in [0.2, 0.25) is 0 Å². The number of pyridine rings is 1. The quantitative estimate of drug-likeness (QED) is 0.790. The number of sulfonamides is 1. The van der Waals surface area contributed by atoms with Crippen molar-refractivity contribution in [1.29, 1.82) is 5.26 Å². The minimum absolute atomic E-state index is 0.0301. The number of hydrogen-bond acceptors (Lipinski definition) is 5. The number of hydrogen-bond donors (Lipinski definition) is 0. The Labute approximate surface area is 163 Å². The first-order valence-corrected chi connectivity index (χ1v) is 10.8. The van der Waals surface area contributed by atoms with Gasteiger partial charge in [-0.05, 0) is 18.6 Å². The molecular weight excluding hydrogens is 376 g/mol. The number of fused-ring (bicyclic) bond motifs is 2. The molecule has 2 aromatic heterocycles. The number of Topliss-reactive ketones (excluding diaryl/α,β-unsaturated/α-hetero) is 1. The van der Waals surface area contributed by atoms with E-state index in [2.05, 4.69) is 11.1 Å². The van der Waals surface area contributed by atoms with Gasteiger partial charge in [0.25, 0.3) is 0 Å². The summed E-state index contributed by atoms with van der Waals surface area (Å²) in [5.41, 5.74) is 4.29. The van der Waals surface area contributed by atoms with E-state index in [9.17, 15) is 18.5 Å². The molecule has 2 aliphatic carbocycles. The number of nitriles is 1. The second-order valence-corrected chi connectivity index (χ2v) is 9.81. The van der Waals surface area contributed by atoms with Crippen molar-refractivity contribution in [2.45, 2.75) is 25.3 Å². The molecule has 0 N–H and O–H groups in total. The van der Waals surface area contributed by atoms with Gasteiger partial charge in [0.05, 0.1) is 29.5 Å². The van der Waals surface area contributed by atoms with Crippen molar-refractivity contribution < 1.29 is 13.2 Å². The van der Waals surface area contributed by atoms with Crippen LogP contribution in [-0.4, -0.2) is 46.9 Å². The van der Waals surface area contributed by atoms with Crippen molar-refractivity contribution >= 4 is 21.4 Å². The van der Waals surface area contributed by atoms with Crippen molar-refractivity contribution in [1.82, 2.24) is 13.9 Å². The molecule has 142 valence electrons. The summed E-state index contributed by atoms with van der Waals surface area (Å²) in [6.45, 7) is 2.10. The lowest BCUT2D eigenvalue weighted by atomic mass is 9.86. The molecule has 2 aromatic rings. The van der Waals surface area contributed by atoms with Gasteiger partial charge in [-0.1, -0.05) is 6.08 Å². The Morgan fingerprint density at radius 3 is 2.71 bits per heavy atom. The van der Waals surface area contributed by atoms with Crippen LogP contribution in [0.5, 0.6) is 0 Å². The van der Waals surface area contributed by atoms with E-state index in [1.807, 2.05) is 22.9 Å². The Hall–Kier alpha value is -2.76. The Balaban J connectivity index is 1.61. The fourth-order valence-corrected chi connectivity index (χ4v) is 5.70. The molecule has 1 saturated heterocycles. The number of nitrogens with zero attached hydrogens (tertiary/aromatic N) is 4. The summed E-state index contributed by atoms with van der Waals surface area (Å²) in [6, 6.07) is 4.11. The van der Waals surface area contributed by atoms with Gasteiger partial charge < -0.3 is 4.57 Å². The van der Waals surface area contributed by atoms with Gasteiger partial charge in [0.1, 0.15) is 0 Å². The van der Waals surface area contributed by atoms with E-state index in [0.29, 0.717) is 17.6 Å². The Bertz CT molecular complexity index is 1210. The number of ketones is 1. The van der Waals surface area contributed by atoms with E-state index in [4.69, 9.17) is 0 Å². The molecule has 7 nitrogen and oxygen atoms in total. The number of carbonyl (C=O) groups excluding carboxylic acids is 1. The maximum atomic E-state index is 13.0. The van der Waals surface area contributed by atoms with Gasteiger partial charge in [0.2, 0.25) is 10.0 Å². The molecule has 0 saturated carbocycles. The topological polar surface area (TPSA) is 96.1 Å². The van der Waals surface area contributed by atoms with Crippen LogP contribution in [0.1, 0.15) is 35.0 Å². The lowest BCUT2D eigenvalue weighted by molar-refractivity contribution is 0.0848. The van der Waals surface area contributed by atoms with Crippen LogP contribution in [0.25, 0.3) is 16.7 Å². The number of aromatic nitrogens is 2. The normalized spacial score (nSPS) is 19.4. The Kier molecular flexibility index (Phi) is 3.49. The summed E-state index contributed by atoms with van der Waals surface area (Å²) in [6.07, 6.45) is 8.20. The first kappa shape index (κ1) is 17.3. The lowest BCUT2D eigenvalue weighted by Crippen LogP contribution is -2.63. The van der Waals surface area contributed by atoms with Crippen LogP contribution in [0.15, 0.2) is 30.7 Å². The zero-order valence-electron chi connectivity index (χ0n) is 15.3. The first-order valence-electron chi connectivity index (χ1n) is 9.21. The van der Waals surface area contributed by atoms with Crippen molar-refractivity contribution in [2.75, 3.05) is 18.8 Å². The Morgan fingerprint density at radius 1 is 1.25 bits per heavy atom. The highest BCUT2D eigenvalue weighted by Gasteiger charge is 2.49. The van der Waals surface area contributed by atoms with Crippen LogP contribution in [0.4, 0.5) is 0 Å². The van der Waals surface area contributed by atoms with Crippen LogP contribution in [-0.2, 0) is 22.0 Å². The molecule has 0 amide bonds. The van der Waals surface area contributed by atoms with Crippen molar-refractivity contribution in [3.63, 3.8) is 0 Å². The van der Waals surface area contributed by atoms with E-state index < -0.39 is 15.6 Å². The van der Waals surface area contributed by atoms with E-state index in [-0.39, 0.29) is 31.0 Å². The van der Waals surface area contributed by atoms with Crippen LogP contribution in [0, 0.1) is 11.3 Å². The molecule has 0 radical (unpaired) electrons. The summed E-state index contributed by atoms with van der Waals surface area (Å²) in [5, 5.41) is 9.36. The van der Waals surface area contributed by atoms with Gasteiger partial charge in [0, 0.05) is 60.4 Å². The Morgan fingerprint density at radius 2 is 2.00 bits per heavy atom. The van der Waals surface area contributed by atoms with Crippen LogP contribution < -0.4 is 0 Å². The zero-order chi connectivity index (χ0) is 19.7. The van der Waals surface area contributed by atoms with E-state index in [0.717, 1.165) is 22.4 Å². The summed E-state index contributed by atoms with van der Waals surface area (Å²) < 4.78 is 27.6. The summed E-state index contributed by atoms with van der Waals surface area (Å²) in [4.78, 5) is 17.4. The SMILES string of the molecule is CCS(=O)(=O)N1CC(CC#N)(n2cc3c(c2)-c2ccnc4c2C(=CC4)C3=O)C1. The summed E-state index contributed by atoms with van der Waals surface area (Å²) >= 11 is 0. The third-order valence-electron chi connectivity index (χ3n) is 6.06. The number of allylic oxidation sites excluding steroid dienone is 2. The van der Waals surface area contributed by atoms with Crippen LogP contribution in [0.3, 0.4) is 0 Å². The smallest absolute Gasteiger partial charge is 0.213 e. The van der Waals surface area contributed by atoms with Gasteiger partial charge in [-0.2, -0.15) is 9.57 Å². The molecule has 0 atom stereocenters. The molecular formula is C20H18N4O3S. The van der Waals surface area contributed by atoms with Gasteiger partial charge in [-0.3, -0.25) is 9.78 Å². The van der Waals surface area contributed by atoms with E-state index in [1.165, 1.54) is 4.31 Å². The molecule has 3 aliphatic rings. The summed E-state index contributed by atoms with van der Waals surface area (Å²) in [7, 11) is -3.30. The third kappa shape index (κ3) is 2.14. The fraction of sp³-hybridized carbons (Fsp3) is 0.350. The third-order valence-corrected chi connectivity index (χ3v) is 7.83. The monoisotopic (exact) mass is 394 g/mol. The van der Waals surface area contributed by atoms with E-state index >= 15 is 0 Å². The predicted molar refractivity (Wildman–Crippen MR) is 103 cm³/mol. The molecule has 5 rings (SSSR count). The van der Waals surface area contributed by atoms with Crippen molar-refractivity contribution in [2.24, 2.45) is 0 Å². The average Bonchev–Trinajstić information content (AvgIpc) is 3.28. The fourth-order valence-electron chi connectivity index (χ4n) is 4.46. The second-order valence-electron chi connectivity index (χ2n) is 7.55. The van der Waals surface area contributed by atoms with E-state index in [1.54, 1.807) is 19.3 Å². The second kappa shape index (κ2) is 5.63. The predicted octanol–water partition coefficient (Wildman–Crippen LogP) is 1.96. The standard InChI is InChI=1S/C20H18N4O3S/c1-2-28(26,27)24-11-20(12-24,6-7-21)23-9-15-13-5-8-22-17-4-3-14(18(13)17)19(25)16(15)10-23/h3,5,8-10H,2,4,6,11-12H2,1H3. The highest BCUT2D eigenvalue weighted by Crippen LogP contribution is 2.45. The molecule has 0 unspecified atom stereocenters. The van der Waals surface area contributed by atoms with Gasteiger partial charge >= 0.3 is 0 Å². The molecule has 3 heterocycles. The minimum atomic E-state index is -3.30. The first-order chi connectivity index (χ1) is 13.4. The largest absolute Gasteiger partial charge is 0.343 e. The molecule has 1 fully saturated rings. The van der Waals surface area contributed by atoms with Crippen molar-refractivity contribution in [3.8, 4) is 17.2 Å². The van der Waals surface area contributed by atoms with Gasteiger partial charge in [-0.25, -0.2) is 8.42 Å². The number of rotatable bonds is 4. The zero-order valence-corrected chi connectivity index (χ0v) is 16.2. The maximum Gasteiger partial charge on any atom is 0.213 e. The highest BCUT2D eigenvalue weighted by atomic mass is 32.2. The lowest BCUT2D eigenvalue weighted by Gasteiger charge is -2.48. The van der Waals surface area contributed by atoms with Gasteiger partial charge in [0.15, 0.2) is 5.78 Å². The van der Waals surface area contributed by atoms with Gasteiger partial charge in [-0.15, -0.1) is 0 Å². The van der Waals surface area contributed by atoms with Crippen molar-refractivity contribution in [3.05, 3.63) is 47.6 Å². The summed E-state index contributed by atoms with van der Waals surface area (Å²) in [5.74, 6) is 0.00520. The molecule has 28 heavy (non-hydrogen) atoms. The molecule has 1 aliphatic heterocycles. The molecule has 0 aromatic carbocycles. The highest BCUT2D eigenvalue weighted by molar-refractivity contribution is 7.89. The average molecular weight is 394 g/mol. The number of carbonyl (C=O) groups is 1. The van der Waals surface area contributed by atoms with Crippen LogP contribution >= 0.6 is 0 Å². The molecule has 0 bridgehead atoms. The minimum Gasteiger partial charge on any atom is -0.343 e. The maximum absolute atomic E-state index is 13.0.